The lowest BCUT2D eigenvalue weighted by Gasteiger charge is -2.15. The van der Waals surface area contributed by atoms with Gasteiger partial charge in [0.25, 0.3) is 5.91 Å². The number of rotatable bonds is 6. The molecule has 0 saturated heterocycles. The smallest absolute Gasteiger partial charge is 0.337 e. The highest BCUT2D eigenvalue weighted by molar-refractivity contribution is 6.30. The third kappa shape index (κ3) is 5.64. The van der Waals surface area contributed by atoms with Gasteiger partial charge in [-0.3, -0.25) is 15.2 Å². The molecule has 0 fully saturated rings. The molecule has 0 aliphatic carbocycles. The maximum Gasteiger partial charge on any atom is 0.337 e. The molecule has 3 amide bonds. The fourth-order valence-electron chi connectivity index (χ4n) is 3.07. The molecule has 1 heterocycles. The number of methoxy groups -OCH3 is 3. The molecule has 9 nitrogen and oxygen atoms in total. The van der Waals surface area contributed by atoms with Gasteiger partial charge in [0, 0.05) is 16.3 Å². The van der Waals surface area contributed by atoms with Crippen LogP contribution in [0.4, 0.5) is 10.5 Å². The number of halogens is 1. The van der Waals surface area contributed by atoms with Gasteiger partial charge in [0.1, 0.15) is 0 Å². The molecule has 0 bridgehead atoms. The third-order valence-electron chi connectivity index (χ3n) is 4.68. The van der Waals surface area contributed by atoms with Gasteiger partial charge in [-0.2, -0.15) is 0 Å². The number of aromatic nitrogens is 1. The number of hydrogen-bond acceptors (Lipinski definition) is 6. The summed E-state index contributed by atoms with van der Waals surface area (Å²) in [6.45, 7) is 1.70. The molecule has 3 aromatic rings. The Morgan fingerprint density at radius 2 is 1.52 bits per heavy atom. The van der Waals surface area contributed by atoms with E-state index < -0.39 is 11.9 Å². The molecule has 2 aromatic carbocycles. The molecular formula is C23H23ClN4O5. The molecule has 0 unspecified atom stereocenters. The highest BCUT2D eigenvalue weighted by Crippen LogP contribution is 2.40. The number of hydrogen-bond donors (Lipinski definition) is 3. The van der Waals surface area contributed by atoms with Crippen molar-refractivity contribution in [1.29, 1.82) is 0 Å². The van der Waals surface area contributed by atoms with Gasteiger partial charge in [-0.15, -0.1) is 0 Å². The number of pyridine rings is 1. The van der Waals surface area contributed by atoms with Gasteiger partial charge in [-0.05, 0) is 55.5 Å². The molecule has 0 spiro atoms. The van der Waals surface area contributed by atoms with Crippen LogP contribution >= 0.6 is 11.6 Å². The van der Waals surface area contributed by atoms with Crippen LogP contribution in [0.15, 0.2) is 48.5 Å². The van der Waals surface area contributed by atoms with E-state index in [1.807, 2.05) is 0 Å². The lowest BCUT2D eigenvalue weighted by Crippen LogP contribution is -2.44. The van der Waals surface area contributed by atoms with Crippen LogP contribution < -0.4 is 30.4 Å². The molecular weight excluding hydrogens is 448 g/mol. The van der Waals surface area contributed by atoms with Crippen LogP contribution in [0.3, 0.4) is 0 Å². The van der Waals surface area contributed by atoms with Crippen molar-refractivity contribution in [3.05, 3.63) is 64.8 Å². The highest BCUT2D eigenvalue weighted by Gasteiger charge is 2.17. The third-order valence-corrected chi connectivity index (χ3v) is 4.93. The first-order valence-corrected chi connectivity index (χ1v) is 10.1. The summed E-state index contributed by atoms with van der Waals surface area (Å²) in [5.74, 6) is 0.940. The number of benzene rings is 2. The Morgan fingerprint density at radius 1 is 0.879 bits per heavy atom. The fourth-order valence-corrected chi connectivity index (χ4v) is 3.19. The first-order valence-electron chi connectivity index (χ1n) is 9.77. The summed E-state index contributed by atoms with van der Waals surface area (Å²) in [6.07, 6.45) is 0. The number of anilines is 1. The van der Waals surface area contributed by atoms with E-state index in [9.17, 15) is 9.59 Å². The van der Waals surface area contributed by atoms with E-state index in [2.05, 4.69) is 21.2 Å². The van der Waals surface area contributed by atoms with E-state index in [0.29, 0.717) is 44.9 Å². The number of amides is 3. The number of nitrogens with zero attached hydrogens (tertiary/aromatic N) is 1. The van der Waals surface area contributed by atoms with Crippen molar-refractivity contribution in [2.45, 2.75) is 6.92 Å². The van der Waals surface area contributed by atoms with Gasteiger partial charge in [0.15, 0.2) is 11.5 Å². The second-order valence-electron chi connectivity index (χ2n) is 6.78. The van der Waals surface area contributed by atoms with Crippen LogP contribution in [0.5, 0.6) is 17.2 Å². The average molecular weight is 471 g/mol. The number of aryl methyl sites for hydroxylation is 1. The number of carbonyl (C=O) groups is 2. The summed E-state index contributed by atoms with van der Waals surface area (Å²) < 4.78 is 16.1. The predicted octanol–water partition coefficient (Wildman–Crippen LogP) is 4.20. The summed E-state index contributed by atoms with van der Waals surface area (Å²) in [4.78, 5) is 29.1. The van der Waals surface area contributed by atoms with Crippen molar-refractivity contribution in [3.8, 4) is 28.5 Å². The lowest BCUT2D eigenvalue weighted by atomic mass is 10.1. The Hall–Kier alpha value is -3.98. The van der Waals surface area contributed by atoms with Gasteiger partial charge in [0.05, 0.1) is 38.3 Å². The zero-order valence-electron chi connectivity index (χ0n) is 18.5. The summed E-state index contributed by atoms with van der Waals surface area (Å²) in [7, 11) is 4.59. The van der Waals surface area contributed by atoms with Crippen molar-refractivity contribution >= 4 is 29.2 Å². The highest BCUT2D eigenvalue weighted by atomic mass is 35.5. The Morgan fingerprint density at radius 3 is 2.06 bits per heavy atom. The molecule has 0 atom stereocenters. The number of nitrogens with one attached hydrogen (secondary N) is 3. The summed E-state index contributed by atoms with van der Waals surface area (Å²) in [5.41, 5.74) is 7.29. The zero-order chi connectivity index (χ0) is 24.0. The molecule has 3 rings (SSSR count). The van der Waals surface area contributed by atoms with Crippen molar-refractivity contribution in [2.75, 3.05) is 26.6 Å². The molecule has 33 heavy (non-hydrogen) atoms. The molecule has 10 heteroatoms. The van der Waals surface area contributed by atoms with Gasteiger partial charge >= 0.3 is 6.03 Å². The van der Waals surface area contributed by atoms with Crippen molar-refractivity contribution in [2.24, 2.45) is 0 Å². The normalized spacial score (nSPS) is 10.2. The molecule has 3 N–H and O–H groups in total. The Bertz CT molecular complexity index is 1140. The summed E-state index contributed by atoms with van der Waals surface area (Å²) >= 11 is 5.82. The van der Waals surface area contributed by atoms with E-state index in [1.165, 1.54) is 21.3 Å². The predicted molar refractivity (Wildman–Crippen MR) is 125 cm³/mol. The average Bonchev–Trinajstić information content (AvgIpc) is 2.82. The monoisotopic (exact) mass is 470 g/mol. The van der Waals surface area contributed by atoms with E-state index in [1.54, 1.807) is 55.5 Å². The topological polar surface area (TPSA) is 111 Å². The summed E-state index contributed by atoms with van der Waals surface area (Å²) in [6, 6.07) is 12.8. The van der Waals surface area contributed by atoms with Crippen LogP contribution in [-0.2, 0) is 0 Å². The van der Waals surface area contributed by atoms with E-state index in [0.717, 1.165) is 5.56 Å². The van der Waals surface area contributed by atoms with Crippen LogP contribution in [-0.4, -0.2) is 38.3 Å². The molecule has 0 aliphatic heterocycles. The quantitative estimate of drug-likeness (QED) is 0.465. The second-order valence-corrected chi connectivity index (χ2v) is 7.22. The number of ether oxygens (including phenoxy) is 3. The molecule has 0 aliphatic rings. The number of urea groups is 1. The minimum Gasteiger partial charge on any atom is -0.493 e. The van der Waals surface area contributed by atoms with Gasteiger partial charge in [-0.1, -0.05) is 11.6 Å². The fraction of sp³-hybridized carbons (Fsp3) is 0.174. The lowest BCUT2D eigenvalue weighted by molar-refractivity contribution is 0.0937. The summed E-state index contributed by atoms with van der Waals surface area (Å²) in [5, 5.41) is 3.13. The van der Waals surface area contributed by atoms with Gasteiger partial charge in [-0.25, -0.2) is 10.2 Å². The molecule has 1 aromatic heterocycles. The minimum atomic E-state index is -0.606. The second kappa shape index (κ2) is 10.6. The van der Waals surface area contributed by atoms with E-state index in [4.69, 9.17) is 25.8 Å². The number of carbonyl (C=O) groups excluding carboxylic acids is 2. The Labute approximate surface area is 196 Å². The largest absolute Gasteiger partial charge is 0.493 e. The van der Waals surface area contributed by atoms with Crippen LogP contribution in [0.2, 0.25) is 5.02 Å². The van der Waals surface area contributed by atoms with Crippen LogP contribution in [0.25, 0.3) is 11.3 Å². The van der Waals surface area contributed by atoms with E-state index >= 15 is 0 Å². The maximum atomic E-state index is 12.5. The molecule has 172 valence electrons. The first-order chi connectivity index (χ1) is 15.9. The Kier molecular flexibility index (Phi) is 7.57. The first kappa shape index (κ1) is 23.7. The minimum absolute atomic E-state index is 0.304. The van der Waals surface area contributed by atoms with Crippen molar-refractivity contribution in [1.82, 2.24) is 15.8 Å². The number of hydrazine groups is 1. The zero-order valence-corrected chi connectivity index (χ0v) is 19.2. The standard InChI is InChI=1S/C23H23ClN4O5/c1-13-17(22(29)27-28-23(30)26-16-7-5-15(24)6-8-16)9-10-18(25-13)14-11-19(31-2)21(33-4)20(12-14)32-3/h5-12H,1-4H3,(H,27,29)(H2,26,28,30). The van der Waals surface area contributed by atoms with Crippen molar-refractivity contribution in [3.63, 3.8) is 0 Å². The van der Waals surface area contributed by atoms with E-state index in [-0.39, 0.29) is 0 Å². The van der Waals surface area contributed by atoms with Gasteiger partial charge in [0.2, 0.25) is 5.75 Å². The SMILES string of the molecule is COc1cc(-c2ccc(C(=O)NNC(=O)Nc3ccc(Cl)cc3)c(C)n2)cc(OC)c1OC. The van der Waals surface area contributed by atoms with Crippen LogP contribution in [0, 0.1) is 6.92 Å². The molecule has 0 saturated carbocycles. The maximum absolute atomic E-state index is 12.5. The van der Waals surface area contributed by atoms with Crippen LogP contribution in [0.1, 0.15) is 16.1 Å². The molecule has 0 radical (unpaired) electrons. The Balaban J connectivity index is 1.72. The van der Waals surface area contributed by atoms with Gasteiger partial charge < -0.3 is 19.5 Å². The van der Waals surface area contributed by atoms with Crippen molar-refractivity contribution < 1.29 is 23.8 Å².